The van der Waals surface area contributed by atoms with Gasteiger partial charge >= 0.3 is 0 Å². The van der Waals surface area contributed by atoms with Gasteiger partial charge in [0.1, 0.15) is 0 Å². The Morgan fingerprint density at radius 1 is 0.958 bits per heavy atom. The highest BCUT2D eigenvalue weighted by Crippen LogP contribution is 2.20. The molecule has 2 aromatic carbocycles. The number of carbonyl (C=O) groups excluding carboxylic acids is 1. The summed E-state index contributed by atoms with van der Waals surface area (Å²) in [6, 6.07) is 18.9. The van der Waals surface area contributed by atoms with Crippen LogP contribution < -0.4 is 10.6 Å². The fraction of sp³-hybridized carbons (Fsp3) is 0.0526. The van der Waals surface area contributed by atoms with Crippen molar-refractivity contribution < 1.29 is 4.79 Å². The Morgan fingerprint density at radius 3 is 2.58 bits per heavy atom. The zero-order valence-corrected chi connectivity index (χ0v) is 13.6. The average molecular weight is 338 g/mol. The molecule has 0 saturated heterocycles. The molecule has 24 heavy (non-hydrogen) atoms. The van der Waals surface area contributed by atoms with E-state index in [1.165, 1.54) is 0 Å². The van der Waals surface area contributed by atoms with Crippen molar-refractivity contribution in [1.29, 1.82) is 0 Å². The van der Waals surface area contributed by atoms with Gasteiger partial charge in [0.15, 0.2) is 0 Å². The Balaban J connectivity index is 1.67. The second-order valence-electron chi connectivity index (χ2n) is 5.27. The highest BCUT2D eigenvalue weighted by atomic mass is 35.5. The molecule has 0 bridgehead atoms. The van der Waals surface area contributed by atoms with Crippen molar-refractivity contribution in [2.75, 3.05) is 5.32 Å². The Hall–Kier alpha value is -2.85. The first-order chi connectivity index (χ1) is 11.7. The molecule has 4 nitrogen and oxygen atoms in total. The van der Waals surface area contributed by atoms with Crippen molar-refractivity contribution in [3.63, 3.8) is 0 Å². The average Bonchev–Trinajstić information content (AvgIpc) is 2.61. The molecule has 0 saturated carbocycles. The van der Waals surface area contributed by atoms with Gasteiger partial charge in [0.25, 0.3) is 5.91 Å². The first-order valence-corrected chi connectivity index (χ1v) is 7.88. The molecule has 0 aliphatic carbocycles. The largest absolute Gasteiger partial charge is 0.354 e. The van der Waals surface area contributed by atoms with Gasteiger partial charge in [0, 0.05) is 23.5 Å². The smallest absolute Gasteiger partial charge is 0.253 e. The van der Waals surface area contributed by atoms with Crippen molar-refractivity contribution in [1.82, 2.24) is 10.3 Å². The number of hydrogen-bond acceptors (Lipinski definition) is 3. The maximum atomic E-state index is 12.3. The number of nitrogens with zero attached hydrogens (tertiary/aromatic N) is 1. The summed E-state index contributed by atoms with van der Waals surface area (Å²) in [6.07, 6.45) is 3.21. The van der Waals surface area contributed by atoms with Crippen molar-refractivity contribution in [3.05, 3.63) is 89.2 Å². The lowest BCUT2D eigenvalue weighted by atomic mass is 10.2. The van der Waals surface area contributed by atoms with E-state index in [-0.39, 0.29) is 5.91 Å². The number of benzene rings is 2. The molecule has 0 spiro atoms. The maximum absolute atomic E-state index is 12.3. The van der Waals surface area contributed by atoms with Crippen LogP contribution in [0.5, 0.6) is 0 Å². The van der Waals surface area contributed by atoms with Crippen LogP contribution in [0.2, 0.25) is 5.02 Å². The number of carbonyl (C=O) groups is 1. The van der Waals surface area contributed by atoms with E-state index in [0.717, 1.165) is 16.9 Å². The van der Waals surface area contributed by atoms with Gasteiger partial charge in [-0.1, -0.05) is 48.0 Å². The van der Waals surface area contributed by atoms with Crippen molar-refractivity contribution in [3.8, 4) is 0 Å². The van der Waals surface area contributed by atoms with Gasteiger partial charge in [-0.15, -0.1) is 0 Å². The predicted octanol–water partition coefficient (Wildman–Crippen LogP) is 4.41. The topological polar surface area (TPSA) is 54.0 Å². The summed E-state index contributed by atoms with van der Waals surface area (Å²) in [6.45, 7) is 0.478. The number of halogens is 1. The molecule has 3 aromatic rings. The summed E-state index contributed by atoms with van der Waals surface area (Å²) < 4.78 is 0. The molecular formula is C19H16ClN3O. The predicted molar refractivity (Wildman–Crippen MR) is 96.6 cm³/mol. The van der Waals surface area contributed by atoms with Crippen LogP contribution in [-0.2, 0) is 6.54 Å². The van der Waals surface area contributed by atoms with Crippen LogP contribution >= 0.6 is 11.6 Å². The normalized spacial score (nSPS) is 10.2. The van der Waals surface area contributed by atoms with Crippen LogP contribution in [0.1, 0.15) is 15.9 Å². The van der Waals surface area contributed by atoms with E-state index in [1.807, 2.05) is 48.5 Å². The first kappa shape index (κ1) is 16.0. The molecule has 0 atom stereocenters. The standard InChI is InChI=1S/C19H16ClN3O/c20-16-7-4-8-17(10-16)23-18-9-15(12-21-13-18)19(24)22-11-14-5-2-1-3-6-14/h1-10,12-13,23H,11H2,(H,22,24). The van der Waals surface area contributed by atoms with Crippen molar-refractivity contribution >= 4 is 28.9 Å². The molecule has 2 N–H and O–H groups in total. The van der Waals surface area contributed by atoms with E-state index < -0.39 is 0 Å². The Bertz CT molecular complexity index is 837. The van der Waals surface area contributed by atoms with Gasteiger partial charge in [-0.2, -0.15) is 0 Å². The van der Waals surface area contributed by atoms with E-state index in [9.17, 15) is 4.79 Å². The molecule has 5 heteroatoms. The van der Waals surface area contributed by atoms with E-state index in [2.05, 4.69) is 15.6 Å². The van der Waals surface area contributed by atoms with Crippen LogP contribution in [0.25, 0.3) is 0 Å². The summed E-state index contributed by atoms with van der Waals surface area (Å²) >= 11 is 5.97. The number of amides is 1. The Kier molecular flexibility index (Phi) is 5.08. The van der Waals surface area contributed by atoms with Crippen LogP contribution in [0.15, 0.2) is 73.1 Å². The number of rotatable bonds is 5. The van der Waals surface area contributed by atoms with Gasteiger partial charge in [-0.25, -0.2) is 0 Å². The van der Waals surface area contributed by atoms with Gasteiger partial charge in [-0.3, -0.25) is 9.78 Å². The first-order valence-electron chi connectivity index (χ1n) is 7.50. The molecule has 1 heterocycles. The summed E-state index contributed by atoms with van der Waals surface area (Å²) in [4.78, 5) is 16.4. The van der Waals surface area contributed by atoms with Gasteiger partial charge in [-0.05, 0) is 29.8 Å². The quantitative estimate of drug-likeness (QED) is 0.725. The fourth-order valence-electron chi connectivity index (χ4n) is 2.25. The number of hydrogen-bond donors (Lipinski definition) is 2. The molecule has 0 unspecified atom stereocenters. The van der Waals surface area contributed by atoms with Crippen LogP contribution in [0.4, 0.5) is 11.4 Å². The summed E-state index contributed by atoms with van der Waals surface area (Å²) in [7, 11) is 0. The lowest BCUT2D eigenvalue weighted by Crippen LogP contribution is -2.22. The Labute approximate surface area is 145 Å². The van der Waals surface area contributed by atoms with E-state index >= 15 is 0 Å². The molecule has 0 aliphatic rings. The molecule has 0 radical (unpaired) electrons. The van der Waals surface area contributed by atoms with Crippen molar-refractivity contribution in [2.45, 2.75) is 6.54 Å². The number of pyridine rings is 1. The maximum Gasteiger partial charge on any atom is 0.253 e. The highest BCUT2D eigenvalue weighted by molar-refractivity contribution is 6.30. The third-order valence-corrected chi connectivity index (χ3v) is 3.64. The number of anilines is 2. The van der Waals surface area contributed by atoms with Gasteiger partial charge in [0.2, 0.25) is 0 Å². The number of aromatic nitrogens is 1. The molecule has 1 aromatic heterocycles. The molecule has 0 aliphatic heterocycles. The lowest BCUT2D eigenvalue weighted by molar-refractivity contribution is 0.0950. The van der Waals surface area contributed by atoms with Gasteiger partial charge < -0.3 is 10.6 Å². The Morgan fingerprint density at radius 2 is 1.79 bits per heavy atom. The molecule has 1 amide bonds. The molecule has 0 fully saturated rings. The molecule has 120 valence electrons. The fourth-order valence-corrected chi connectivity index (χ4v) is 2.44. The van der Waals surface area contributed by atoms with Crippen LogP contribution in [-0.4, -0.2) is 10.9 Å². The highest BCUT2D eigenvalue weighted by Gasteiger charge is 2.07. The SMILES string of the molecule is O=C(NCc1ccccc1)c1cncc(Nc2cccc(Cl)c2)c1. The van der Waals surface area contributed by atoms with Gasteiger partial charge in [0.05, 0.1) is 17.4 Å². The van der Waals surface area contributed by atoms with Crippen LogP contribution in [0.3, 0.4) is 0 Å². The third kappa shape index (κ3) is 4.33. The zero-order valence-electron chi connectivity index (χ0n) is 12.9. The van der Waals surface area contributed by atoms with E-state index in [4.69, 9.17) is 11.6 Å². The third-order valence-electron chi connectivity index (χ3n) is 3.41. The van der Waals surface area contributed by atoms with E-state index in [1.54, 1.807) is 24.5 Å². The van der Waals surface area contributed by atoms with Crippen molar-refractivity contribution in [2.24, 2.45) is 0 Å². The second kappa shape index (κ2) is 7.62. The summed E-state index contributed by atoms with van der Waals surface area (Å²) in [5.74, 6) is -0.166. The second-order valence-corrected chi connectivity index (χ2v) is 5.70. The van der Waals surface area contributed by atoms with E-state index in [0.29, 0.717) is 17.1 Å². The zero-order chi connectivity index (χ0) is 16.8. The minimum atomic E-state index is -0.166. The number of nitrogens with one attached hydrogen (secondary N) is 2. The summed E-state index contributed by atoms with van der Waals surface area (Å²) in [5.41, 5.74) is 3.11. The summed E-state index contributed by atoms with van der Waals surface area (Å²) in [5, 5.41) is 6.72. The minimum absolute atomic E-state index is 0.166. The molecular weight excluding hydrogens is 322 g/mol. The lowest BCUT2D eigenvalue weighted by Gasteiger charge is -2.09. The minimum Gasteiger partial charge on any atom is -0.354 e. The molecule has 3 rings (SSSR count). The monoisotopic (exact) mass is 337 g/mol. The van der Waals surface area contributed by atoms with Crippen LogP contribution in [0, 0.1) is 0 Å².